The summed E-state index contributed by atoms with van der Waals surface area (Å²) in [4.78, 5) is 16.2. The fourth-order valence-electron chi connectivity index (χ4n) is 4.06. The number of fused-ring (bicyclic) bond motifs is 3. The highest BCUT2D eigenvalue weighted by atomic mass is 35.5. The first kappa shape index (κ1) is 20.0. The van der Waals surface area contributed by atoms with Crippen molar-refractivity contribution in [1.29, 1.82) is 0 Å². The highest BCUT2D eigenvalue weighted by Crippen LogP contribution is 2.39. The number of halogens is 1. The van der Waals surface area contributed by atoms with Gasteiger partial charge in [-0.1, -0.05) is 18.2 Å². The maximum atomic E-state index is 12.6. The number of aromatic nitrogens is 1. The first-order chi connectivity index (χ1) is 13.2. The van der Waals surface area contributed by atoms with Crippen molar-refractivity contribution in [3.63, 3.8) is 0 Å². The summed E-state index contributed by atoms with van der Waals surface area (Å²) in [7, 11) is 4.47. The number of rotatable bonds is 4. The van der Waals surface area contributed by atoms with Gasteiger partial charge < -0.3 is 36.9 Å². The van der Waals surface area contributed by atoms with Gasteiger partial charge in [0, 0.05) is 22.9 Å². The lowest BCUT2D eigenvalue weighted by Crippen LogP contribution is -3.00. The number of aromatic amines is 1. The average molecular weight is 403 g/mol. The van der Waals surface area contributed by atoms with E-state index in [9.17, 15) is 4.79 Å². The second-order valence-electron chi connectivity index (χ2n) is 6.57. The second-order valence-corrected chi connectivity index (χ2v) is 6.57. The molecule has 28 heavy (non-hydrogen) atoms. The summed E-state index contributed by atoms with van der Waals surface area (Å²) < 4.78 is 16.0. The maximum Gasteiger partial charge on any atom is 0.342 e. The van der Waals surface area contributed by atoms with Crippen LogP contribution in [0.3, 0.4) is 0 Å². The van der Waals surface area contributed by atoms with Gasteiger partial charge >= 0.3 is 5.97 Å². The summed E-state index contributed by atoms with van der Waals surface area (Å²) >= 11 is 0. The quantitative estimate of drug-likeness (QED) is 0.559. The maximum absolute atomic E-state index is 12.6. The van der Waals surface area contributed by atoms with Gasteiger partial charge in [0.1, 0.15) is 5.56 Å². The van der Waals surface area contributed by atoms with E-state index >= 15 is 0 Å². The van der Waals surface area contributed by atoms with Crippen LogP contribution in [0.1, 0.15) is 33.2 Å². The zero-order chi connectivity index (χ0) is 19.0. The summed E-state index contributed by atoms with van der Waals surface area (Å²) in [5.41, 5.74) is 4.81. The van der Waals surface area contributed by atoms with E-state index in [1.54, 1.807) is 7.11 Å². The molecular weight excluding hydrogens is 380 g/mol. The van der Waals surface area contributed by atoms with Crippen LogP contribution in [0.2, 0.25) is 0 Å². The number of carbonyl (C=O) groups excluding carboxylic acids is 1. The zero-order valence-electron chi connectivity index (χ0n) is 16.0. The first-order valence-corrected chi connectivity index (χ1v) is 8.95. The minimum absolute atomic E-state index is 0. The van der Waals surface area contributed by atoms with E-state index in [0.717, 1.165) is 29.7 Å². The van der Waals surface area contributed by atoms with Gasteiger partial charge in [0.15, 0.2) is 17.5 Å². The van der Waals surface area contributed by atoms with E-state index in [2.05, 4.69) is 28.5 Å². The number of quaternary nitrogens is 1. The molecular formula is C21H23ClN2O4. The summed E-state index contributed by atoms with van der Waals surface area (Å²) in [5.74, 6) is 0.477. The number of esters is 1. The number of hydrogen-bond donors (Lipinski definition) is 2. The second kappa shape index (κ2) is 8.12. The number of hydrogen-bond acceptors (Lipinski definition) is 4. The Balaban J connectivity index is 0.00000225. The molecule has 7 heteroatoms. The number of nitrogens with one attached hydrogen (secondary N) is 1. The molecule has 1 unspecified atom stereocenters. The van der Waals surface area contributed by atoms with Crippen molar-refractivity contribution in [3.05, 3.63) is 58.8 Å². The molecule has 0 aliphatic carbocycles. The minimum Gasteiger partial charge on any atom is -1.00 e. The molecule has 4 rings (SSSR count). The molecule has 0 radical (unpaired) electrons. The Morgan fingerprint density at radius 1 is 1.11 bits per heavy atom. The monoisotopic (exact) mass is 402 g/mol. The van der Waals surface area contributed by atoms with Crippen LogP contribution in [0.25, 0.3) is 10.9 Å². The summed E-state index contributed by atoms with van der Waals surface area (Å²) in [6.45, 7) is 0.939. The van der Waals surface area contributed by atoms with Crippen molar-refractivity contribution < 1.29 is 36.7 Å². The Kier molecular flexibility index (Phi) is 5.82. The van der Waals surface area contributed by atoms with Crippen LogP contribution < -0.4 is 27.2 Å². The number of ether oxygens (including phenoxy) is 3. The Hall–Kier alpha value is -2.70. The van der Waals surface area contributed by atoms with Crippen molar-refractivity contribution in [2.75, 3.05) is 27.9 Å². The van der Waals surface area contributed by atoms with Crippen molar-refractivity contribution >= 4 is 16.9 Å². The van der Waals surface area contributed by atoms with Crippen molar-refractivity contribution in [2.45, 2.75) is 12.5 Å². The molecule has 6 nitrogen and oxygen atoms in total. The van der Waals surface area contributed by atoms with Crippen molar-refractivity contribution in [2.24, 2.45) is 0 Å². The van der Waals surface area contributed by atoms with Crippen LogP contribution in [0.5, 0.6) is 11.5 Å². The zero-order valence-corrected chi connectivity index (χ0v) is 16.8. The SMILES string of the molecule is COC(=O)c1c(C2[NH2+]CCc3c2[nH]c2ccccc32)ccc(OC)c1OC.[Cl-]. The fourth-order valence-corrected chi connectivity index (χ4v) is 4.06. The molecule has 3 N–H and O–H groups in total. The Bertz CT molecular complexity index is 1020. The third-order valence-corrected chi connectivity index (χ3v) is 5.26. The lowest BCUT2D eigenvalue weighted by molar-refractivity contribution is -0.690. The van der Waals surface area contributed by atoms with Crippen LogP contribution in [-0.4, -0.2) is 38.8 Å². The molecule has 1 aliphatic rings. The number of nitrogens with two attached hydrogens (primary N) is 1. The van der Waals surface area contributed by atoms with E-state index in [1.165, 1.54) is 25.2 Å². The molecule has 1 aromatic heterocycles. The number of benzene rings is 2. The predicted molar refractivity (Wildman–Crippen MR) is 102 cm³/mol. The summed E-state index contributed by atoms with van der Waals surface area (Å²) in [6, 6.07) is 12.0. The van der Waals surface area contributed by atoms with E-state index in [-0.39, 0.29) is 18.4 Å². The third-order valence-electron chi connectivity index (χ3n) is 5.26. The van der Waals surface area contributed by atoms with Gasteiger partial charge in [-0.15, -0.1) is 0 Å². The highest BCUT2D eigenvalue weighted by molar-refractivity contribution is 5.96. The molecule has 1 atom stereocenters. The van der Waals surface area contributed by atoms with Crippen LogP contribution in [0.15, 0.2) is 36.4 Å². The summed E-state index contributed by atoms with van der Waals surface area (Å²) in [6.07, 6.45) is 0.983. The third kappa shape index (κ3) is 3.08. The standard InChI is InChI=1S/C21H22N2O4.ClH/c1-25-16-9-8-14(17(20(16)26-2)21(24)27-3)18-19-13(10-11-22-18)12-6-4-5-7-15(12)23-19;/h4-9,18,22-23H,10-11H2,1-3H3;1H. The molecule has 0 bridgehead atoms. The first-order valence-electron chi connectivity index (χ1n) is 8.95. The van der Waals surface area contributed by atoms with E-state index in [4.69, 9.17) is 14.2 Å². The minimum atomic E-state index is -0.433. The van der Waals surface area contributed by atoms with Gasteiger partial charge in [-0.05, 0) is 23.8 Å². The molecule has 148 valence electrons. The topological polar surface area (TPSA) is 77.2 Å². The number of methoxy groups -OCH3 is 3. The highest BCUT2D eigenvalue weighted by Gasteiger charge is 2.34. The fraction of sp³-hybridized carbons (Fsp3) is 0.286. The molecule has 1 aliphatic heterocycles. The van der Waals surface area contributed by atoms with Gasteiger partial charge in [-0.3, -0.25) is 0 Å². The predicted octanol–water partition coefficient (Wildman–Crippen LogP) is -0.815. The van der Waals surface area contributed by atoms with Crippen LogP contribution in [0, 0.1) is 0 Å². The normalized spacial score (nSPS) is 15.5. The number of H-pyrrole nitrogens is 1. The van der Waals surface area contributed by atoms with E-state index in [1.807, 2.05) is 18.2 Å². The number of carbonyl (C=O) groups is 1. The Morgan fingerprint density at radius 2 is 1.89 bits per heavy atom. The molecule has 3 aromatic rings. The van der Waals surface area contributed by atoms with E-state index < -0.39 is 5.97 Å². The van der Waals surface area contributed by atoms with Crippen LogP contribution in [-0.2, 0) is 11.2 Å². The van der Waals surface area contributed by atoms with Gasteiger partial charge in [0.05, 0.1) is 33.6 Å². The largest absolute Gasteiger partial charge is 1.00 e. The molecule has 2 aromatic carbocycles. The number of para-hydroxylation sites is 1. The van der Waals surface area contributed by atoms with Crippen molar-refractivity contribution in [1.82, 2.24) is 4.98 Å². The molecule has 0 spiro atoms. The van der Waals surface area contributed by atoms with Gasteiger partial charge in [-0.25, -0.2) is 4.79 Å². The molecule has 0 amide bonds. The molecule has 0 fully saturated rings. The van der Waals surface area contributed by atoms with Crippen LogP contribution >= 0.6 is 0 Å². The summed E-state index contributed by atoms with van der Waals surface area (Å²) in [5, 5.41) is 3.48. The van der Waals surface area contributed by atoms with Gasteiger partial charge in [-0.2, -0.15) is 0 Å². The lowest BCUT2D eigenvalue weighted by Gasteiger charge is -2.24. The molecule has 0 saturated heterocycles. The lowest BCUT2D eigenvalue weighted by atomic mass is 9.91. The Labute approximate surface area is 169 Å². The van der Waals surface area contributed by atoms with Crippen molar-refractivity contribution in [3.8, 4) is 11.5 Å². The molecule has 0 saturated carbocycles. The average Bonchev–Trinajstić information content (AvgIpc) is 3.10. The van der Waals surface area contributed by atoms with E-state index in [0.29, 0.717) is 17.1 Å². The van der Waals surface area contributed by atoms with Gasteiger partial charge in [0.2, 0.25) is 0 Å². The van der Waals surface area contributed by atoms with Crippen LogP contribution in [0.4, 0.5) is 0 Å². The molecule has 2 heterocycles. The van der Waals surface area contributed by atoms with Gasteiger partial charge in [0.25, 0.3) is 0 Å². The smallest absolute Gasteiger partial charge is 0.342 e. The Morgan fingerprint density at radius 3 is 2.61 bits per heavy atom.